The third kappa shape index (κ3) is 8.19. The van der Waals surface area contributed by atoms with Crippen molar-refractivity contribution in [3.05, 3.63) is 0 Å². The highest BCUT2D eigenvalue weighted by Crippen LogP contribution is 2.13. The molecule has 3 nitrogen and oxygen atoms in total. The van der Waals surface area contributed by atoms with E-state index in [4.69, 9.17) is 4.74 Å². The van der Waals surface area contributed by atoms with Gasteiger partial charge in [0, 0.05) is 6.61 Å². The molecule has 0 unspecified atom stereocenters. The van der Waals surface area contributed by atoms with Crippen LogP contribution in [0.2, 0.25) is 0 Å². The summed E-state index contributed by atoms with van der Waals surface area (Å²) in [6.45, 7) is 6.36. The van der Waals surface area contributed by atoms with Crippen LogP contribution in [0.4, 0.5) is 0 Å². The largest absolute Gasteiger partial charge is 0.467 e. The van der Waals surface area contributed by atoms with Gasteiger partial charge in [0.25, 0.3) is 0 Å². The maximum Gasteiger partial charge on any atom is 0.337 e. The molecule has 0 N–H and O–H groups in total. The summed E-state index contributed by atoms with van der Waals surface area (Å²) >= 11 is 0. The smallest absolute Gasteiger partial charge is 0.337 e. The van der Waals surface area contributed by atoms with Crippen molar-refractivity contribution in [2.24, 2.45) is 0 Å². The quantitative estimate of drug-likeness (QED) is 0.434. The normalized spacial score (nSPS) is 11.5. The zero-order valence-electron chi connectivity index (χ0n) is 11.9. The van der Waals surface area contributed by atoms with E-state index in [-0.39, 0.29) is 5.97 Å². The van der Waals surface area contributed by atoms with Crippen LogP contribution < -0.4 is 0 Å². The molecular weight excluding hydrogens is 216 g/mol. The van der Waals surface area contributed by atoms with Crippen molar-refractivity contribution in [1.82, 2.24) is 0 Å². The summed E-state index contributed by atoms with van der Waals surface area (Å²) in [4.78, 5) is 11.3. The second-order valence-electron chi connectivity index (χ2n) is 4.97. The predicted octanol–water partition coefficient (Wildman–Crippen LogP) is 3.71. The summed E-state index contributed by atoms with van der Waals surface area (Å²) in [5.74, 6) is -0.305. The highest BCUT2D eigenvalue weighted by atomic mass is 16.6. The van der Waals surface area contributed by atoms with E-state index in [1.54, 1.807) is 13.8 Å². The Labute approximate surface area is 106 Å². The van der Waals surface area contributed by atoms with Crippen LogP contribution in [0.5, 0.6) is 0 Å². The Hall–Kier alpha value is -0.570. The van der Waals surface area contributed by atoms with Gasteiger partial charge in [0.2, 0.25) is 0 Å². The lowest BCUT2D eigenvalue weighted by atomic mass is 10.1. The van der Waals surface area contributed by atoms with Gasteiger partial charge in [0.1, 0.15) is 0 Å². The van der Waals surface area contributed by atoms with Gasteiger partial charge >= 0.3 is 5.97 Å². The van der Waals surface area contributed by atoms with Crippen molar-refractivity contribution in [3.63, 3.8) is 0 Å². The molecule has 0 spiro atoms. The van der Waals surface area contributed by atoms with Crippen LogP contribution in [0.25, 0.3) is 0 Å². The molecule has 17 heavy (non-hydrogen) atoms. The number of carbonyl (C=O) groups excluding carboxylic acids is 1. The van der Waals surface area contributed by atoms with Gasteiger partial charge in [-0.3, -0.25) is 0 Å². The first kappa shape index (κ1) is 16.4. The molecule has 102 valence electrons. The molecule has 0 saturated carbocycles. The minimum Gasteiger partial charge on any atom is -0.467 e. The molecule has 0 aromatic heterocycles. The average molecular weight is 244 g/mol. The van der Waals surface area contributed by atoms with Crippen LogP contribution in [0.15, 0.2) is 0 Å². The molecule has 3 heteroatoms. The Morgan fingerprint density at radius 1 is 1.00 bits per heavy atom. The number of rotatable bonds is 10. The molecule has 0 heterocycles. The van der Waals surface area contributed by atoms with Crippen LogP contribution in [0, 0.1) is 0 Å². The lowest BCUT2D eigenvalue weighted by molar-refractivity contribution is -0.165. The minimum absolute atomic E-state index is 0.305. The van der Waals surface area contributed by atoms with Gasteiger partial charge in [-0.1, -0.05) is 45.4 Å². The molecule has 0 atom stereocenters. The highest BCUT2D eigenvalue weighted by molar-refractivity contribution is 5.78. The number of ether oxygens (including phenoxy) is 2. The molecule has 0 aliphatic rings. The summed E-state index contributed by atoms with van der Waals surface area (Å²) < 4.78 is 10.2. The van der Waals surface area contributed by atoms with Gasteiger partial charge in [0.05, 0.1) is 7.11 Å². The number of carbonyl (C=O) groups is 1. The van der Waals surface area contributed by atoms with Crippen LogP contribution in [-0.2, 0) is 14.3 Å². The topological polar surface area (TPSA) is 35.5 Å². The van der Waals surface area contributed by atoms with Crippen molar-refractivity contribution in [3.8, 4) is 0 Å². The minimum atomic E-state index is -0.809. The molecule has 0 amide bonds. The standard InChI is InChI=1S/C14H28O3/c1-5-6-7-8-9-10-11-12-17-14(2,3)13(15)16-4/h5-12H2,1-4H3. The van der Waals surface area contributed by atoms with Crippen molar-refractivity contribution in [2.75, 3.05) is 13.7 Å². The van der Waals surface area contributed by atoms with Gasteiger partial charge in [-0.15, -0.1) is 0 Å². The Kier molecular flexibility index (Phi) is 9.14. The average Bonchev–Trinajstić information content (AvgIpc) is 2.31. The molecule has 0 bridgehead atoms. The molecule has 0 aromatic carbocycles. The summed E-state index contributed by atoms with van der Waals surface area (Å²) in [6.07, 6.45) is 8.75. The number of hydrogen-bond donors (Lipinski definition) is 0. The van der Waals surface area contributed by atoms with Gasteiger partial charge < -0.3 is 9.47 Å². The summed E-state index contributed by atoms with van der Waals surface area (Å²) in [5, 5.41) is 0. The second-order valence-corrected chi connectivity index (χ2v) is 4.97. The van der Waals surface area contributed by atoms with Crippen LogP contribution in [0.3, 0.4) is 0 Å². The van der Waals surface area contributed by atoms with Gasteiger partial charge in [-0.25, -0.2) is 4.79 Å². The Morgan fingerprint density at radius 2 is 1.53 bits per heavy atom. The van der Waals surface area contributed by atoms with Crippen LogP contribution >= 0.6 is 0 Å². The monoisotopic (exact) mass is 244 g/mol. The number of esters is 1. The van der Waals surface area contributed by atoms with E-state index in [2.05, 4.69) is 11.7 Å². The predicted molar refractivity (Wildman–Crippen MR) is 70.0 cm³/mol. The number of unbranched alkanes of at least 4 members (excludes halogenated alkanes) is 6. The first-order valence-corrected chi connectivity index (χ1v) is 6.77. The molecule has 0 aromatic rings. The lowest BCUT2D eigenvalue weighted by Crippen LogP contribution is -2.36. The Morgan fingerprint density at radius 3 is 2.06 bits per heavy atom. The van der Waals surface area contributed by atoms with E-state index in [9.17, 15) is 4.79 Å². The third-order valence-electron chi connectivity index (χ3n) is 2.89. The fourth-order valence-electron chi connectivity index (χ4n) is 1.69. The van der Waals surface area contributed by atoms with Crippen molar-refractivity contribution < 1.29 is 14.3 Å². The number of hydrogen-bond acceptors (Lipinski definition) is 3. The second kappa shape index (κ2) is 9.46. The van der Waals surface area contributed by atoms with Crippen LogP contribution in [-0.4, -0.2) is 25.3 Å². The SMILES string of the molecule is CCCCCCCCCOC(C)(C)C(=O)OC. The van der Waals surface area contributed by atoms with E-state index in [1.807, 2.05) is 0 Å². The van der Waals surface area contributed by atoms with Gasteiger partial charge in [0.15, 0.2) is 5.60 Å². The van der Waals surface area contributed by atoms with Crippen molar-refractivity contribution in [1.29, 1.82) is 0 Å². The molecular formula is C14H28O3. The van der Waals surface area contributed by atoms with Crippen LogP contribution in [0.1, 0.15) is 65.7 Å². The van der Waals surface area contributed by atoms with E-state index < -0.39 is 5.60 Å². The fourth-order valence-corrected chi connectivity index (χ4v) is 1.69. The summed E-state index contributed by atoms with van der Waals surface area (Å²) in [7, 11) is 1.39. The van der Waals surface area contributed by atoms with Crippen molar-refractivity contribution in [2.45, 2.75) is 71.3 Å². The maximum absolute atomic E-state index is 11.3. The first-order valence-electron chi connectivity index (χ1n) is 6.77. The molecule has 0 aliphatic carbocycles. The van der Waals surface area contributed by atoms with Gasteiger partial charge in [-0.05, 0) is 20.3 Å². The molecule has 0 radical (unpaired) electrons. The maximum atomic E-state index is 11.3. The molecule has 0 aliphatic heterocycles. The van der Waals surface area contributed by atoms with E-state index in [0.717, 1.165) is 6.42 Å². The van der Waals surface area contributed by atoms with E-state index >= 15 is 0 Å². The van der Waals surface area contributed by atoms with Crippen molar-refractivity contribution >= 4 is 5.97 Å². The third-order valence-corrected chi connectivity index (χ3v) is 2.89. The zero-order chi connectivity index (χ0) is 13.1. The summed E-state index contributed by atoms with van der Waals surface area (Å²) in [5.41, 5.74) is -0.809. The van der Waals surface area contributed by atoms with E-state index in [1.165, 1.54) is 45.6 Å². The number of methoxy groups -OCH3 is 1. The fraction of sp³-hybridized carbons (Fsp3) is 0.929. The Balaban J connectivity index is 3.42. The first-order chi connectivity index (χ1) is 8.04. The van der Waals surface area contributed by atoms with Gasteiger partial charge in [-0.2, -0.15) is 0 Å². The lowest BCUT2D eigenvalue weighted by Gasteiger charge is -2.22. The zero-order valence-corrected chi connectivity index (χ0v) is 11.9. The summed E-state index contributed by atoms with van der Waals surface area (Å²) in [6, 6.07) is 0. The highest BCUT2D eigenvalue weighted by Gasteiger charge is 2.29. The van der Waals surface area contributed by atoms with E-state index in [0.29, 0.717) is 6.61 Å². The Bertz CT molecular complexity index is 200. The molecule has 0 fully saturated rings. The molecule has 0 saturated heterocycles. The molecule has 0 rings (SSSR count).